The SMILES string of the molecule is COc1ccc(F)c(F)c1C(=O)Nc1nc(C)c(C)c(C)n1. The molecule has 1 amide bonds. The molecule has 1 N–H and O–H groups in total. The molecule has 2 rings (SSSR count). The van der Waals surface area contributed by atoms with Crippen LogP contribution in [-0.4, -0.2) is 23.0 Å². The van der Waals surface area contributed by atoms with Crippen LogP contribution in [0.1, 0.15) is 27.3 Å². The van der Waals surface area contributed by atoms with E-state index in [1.54, 1.807) is 13.8 Å². The van der Waals surface area contributed by atoms with Crippen LogP contribution in [-0.2, 0) is 0 Å². The zero-order valence-corrected chi connectivity index (χ0v) is 12.6. The summed E-state index contributed by atoms with van der Waals surface area (Å²) in [6, 6.07) is 2.07. The third-order valence-corrected chi connectivity index (χ3v) is 3.36. The first-order valence-electron chi connectivity index (χ1n) is 6.50. The number of ether oxygens (including phenoxy) is 1. The number of aromatic nitrogens is 2. The molecule has 0 saturated carbocycles. The second-order valence-electron chi connectivity index (χ2n) is 4.74. The highest BCUT2D eigenvalue weighted by atomic mass is 19.2. The highest BCUT2D eigenvalue weighted by molar-refractivity contribution is 6.05. The average Bonchev–Trinajstić information content (AvgIpc) is 2.47. The van der Waals surface area contributed by atoms with E-state index >= 15 is 0 Å². The number of hydrogen-bond acceptors (Lipinski definition) is 4. The van der Waals surface area contributed by atoms with Gasteiger partial charge in [0.1, 0.15) is 11.3 Å². The summed E-state index contributed by atoms with van der Waals surface area (Å²) in [4.78, 5) is 20.4. The normalized spacial score (nSPS) is 10.5. The molecule has 1 heterocycles. The largest absolute Gasteiger partial charge is 0.496 e. The van der Waals surface area contributed by atoms with Gasteiger partial charge in [-0.3, -0.25) is 10.1 Å². The lowest BCUT2D eigenvalue weighted by Crippen LogP contribution is -2.18. The van der Waals surface area contributed by atoms with Gasteiger partial charge in [0.05, 0.1) is 7.11 Å². The second-order valence-corrected chi connectivity index (χ2v) is 4.74. The van der Waals surface area contributed by atoms with Gasteiger partial charge in [0.25, 0.3) is 5.91 Å². The predicted octanol–water partition coefficient (Wildman–Crippen LogP) is 2.94. The van der Waals surface area contributed by atoms with Crippen molar-refractivity contribution < 1.29 is 18.3 Å². The summed E-state index contributed by atoms with van der Waals surface area (Å²) in [5, 5.41) is 2.36. The van der Waals surface area contributed by atoms with E-state index in [2.05, 4.69) is 15.3 Å². The van der Waals surface area contributed by atoms with Crippen molar-refractivity contribution in [3.63, 3.8) is 0 Å². The molecule has 0 unspecified atom stereocenters. The van der Waals surface area contributed by atoms with Gasteiger partial charge < -0.3 is 4.74 Å². The van der Waals surface area contributed by atoms with Crippen molar-refractivity contribution in [3.8, 4) is 5.75 Å². The van der Waals surface area contributed by atoms with Crippen molar-refractivity contribution in [2.24, 2.45) is 0 Å². The molecule has 0 aliphatic rings. The molecular formula is C15H15F2N3O2. The van der Waals surface area contributed by atoms with Gasteiger partial charge in [-0.25, -0.2) is 18.7 Å². The van der Waals surface area contributed by atoms with Crippen LogP contribution >= 0.6 is 0 Å². The van der Waals surface area contributed by atoms with Crippen LogP contribution < -0.4 is 10.1 Å². The van der Waals surface area contributed by atoms with Crippen LogP contribution in [0.3, 0.4) is 0 Å². The smallest absolute Gasteiger partial charge is 0.264 e. The maximum Gasteiger partial charge on any atom is 0.264 e. The third kappa shape index (κ3) is 2.88. The summed E-state index contributed by atoms with van der Waals surface area (Å²) in [5.74, 6) is -3.34. The van der Waals surface area contributed by atoms with Gasteiger partial charge in [-0.15, -0.1) is 0 Å². The molecule has 0 fully saturated rings. The van der Waals surface area contributed by atoms with Crippen molar-refractivity contribution in [2.45, 2.75) is 20.8 Å². The van der Waals surface area contributed by atoms with Crippen molar-refractivity contribution in [3.05, 3.63) is 46.3 Å². The fraction of sp³-hybridized carbons (Fsp3) is 0.267. The van der Waals surface area contributed by atoms with Crippen LogP contribution in [0.5, 0.6) is 5.75 Å². The lowest BCUT2D eigenvalue weighted by atomic mass is 10.1. The highest BCUT2D eigenvalue weighted by Gasteiger charge is 2.22. The molecule has 0 aliphatic carbocycles. The zero-order valence-electron chi connectivity index (χ0n) is 12.6. The van der Waals surface area contributed by atoms with Crippen LogP contribution in [0.4, 0.5) is 14.7 Å². The van der Waals surface area contributed by atoms with E-state index in [9.17, 15) is 13.6 Å². The van der Waals surface area contributed by atoms with Gasteiger partial charge in [-0.05, 0) is 38.5 Å². The summed E-state index contributed by atoms with van der Waals surface area (Å²) in [6.45, 7) is 5.39. The Balaban J connectivity index is 2.40. The Morgan fingerprint density at radius 1 is 1.14 bits per heavy atom. The van der Waals surface area contributed by atoms with Gasteiger partial charge in [-0.2, -0.15) is 0 Å². The van der Waals surface area contributed by atoms with Crippen molar-refractivity contribution in [1.82, 2.24) is 9.97 Å². The van der Waals surface area contributed by atoms with E-state index < -0.39 is 23.1 Å². The molecule has 5 nitrogen and oxygen atoms in total. The number of amides is 1. The van der Waals surface area contributed by atoms with Crippen molar-refractivity contribution >= 4 is 11.9 Å². The fourth-order valence-electron chi connectivity index (χ4n) is 1.91. The fourth-order valence-corrected chi connectivity index (χ4v) is 1.91. The zero-order chi connectivity index (χ0) is 16.4. The van der Waals surface area contributed by atoms with E-state index in [4.69, 9.17) is 4.74 Å². The van der Waals surface area contributed by atoms with Crippen LogP contribution in [0.2, 0.25) is 0 Å². The summed E-state index contributed by atoms with van der Waals surface area (Å²) in [7, 11) is 1.26. The summed E-state index contributed by atoms with van der Waals surface area (Å²) >= 11 is 0. The Kier molecular flexibility index (Phi) is 4.35. The molecule has 1 aromatic carbocycles. The Hall–Kier alpha value is -2.57. The number of anilines is 1. The average molecular weight is 307 g/mol. The van der Waals surface area contributed by atoms with E-state index in [-0.39, 0.29) is 11.7 Å². The molecule has 22 heavy (non-hydrogen) atoms. The topological polar surface area (TPSA) is 64.1 Å². The van der Waals surface area contributed by atoms with Gasteiger partial charge >= 0.3 is 0 Å². The first kappa shape index (κ1) is 15.8. The number of halogens is 2. The minimum atomic E-state index is -1.28. The van der Waals surface area contributed by atoms with Gasteiger partial charge in [0, 0.05) is 11.4 Å². The van der Waals surface area contributed by atoms with Crippen LogP contribution in [0.25, 0.3) is 0 Å². The van der Waals surface area contributed by atoms with E-state index in [0.717, 1.165) is 11.6 Å². The first-order chi connectivity index (χ1) is 10.3. The lowest BCUT2D eigenvalue weighted by molar-refractivity contribution is 0.101. The Morgan fingerprint density at radius 2 is 1.73 bits per heavy atom. The molecule has 1 aromatic heterocycles. The molecule has 0 bridgehead atoms. The molecule has 116 valence electrons. The van der Waals surface area contributed by atoms with Crippen molar-refractivity contribution in [1.29, 1.82) is 0 Å². The number of carbonyl (C=O) groups is 1. The summed E-state index contributed by atoms with van der Waals surface area (Å²) in [6.07, 6.45) is 0. The minimum absolute atomic E-state index is 0.0244. The predicted molar refractivity (Wildman–Crippen MR) is 77.1 cm³/mol. The van der Waals surface area contributed by atoms with Crippen molar-refractivity contribution in [2.75, 3.05) is 12.4 Å². The molecule has 0 aliphatic heterocycles. The molecule has 0 atom stereocenters. The Morgan fingerprint density at radius 3 is 2.27 bits per heavy atom. The molecule has 0 saturated heterocycles. The van der Waals surface area contributed by atoms with Gasteiger partial charge in [0.15, 0.2) is 11.6 Å². The van der Waals surface area contributed by atoms with E-state index in [1.807, 2.05) is 6.92 Å². The molecule has 0 radical (unpaired) electrons. The number of hydrogen-bond donors (Lipinski definition) is 1. The monoisotopic (exact) mass is 307 g/mol. The number of benzene rings is 1. The number of methoxy groups -OCH3 is 1. The quantitative estimate of drug-likeness (QED) is 0.947. The number of nitrogens with one attached hydrogen (secondary N) is 1. The minimum Gasteiger partial charge on any atom is -0.496 e. The Labute approximate surface area is 126 Å². The van der Waals surface area contributed by atoms with Gasteiger partial charge in [0.2, 0.25) is 5.95 Å². The van der Waals surface area contributed by atoms with Crippen LogP contribution in [0, 0.1) is 32.4 Å². The molecule has 7 heteroatoms. The maximum atomic E-state index is 13.9. The van der Waals surface area contributed by atoms with E-state index in [1.165, 1.54) is 13.2 Å². The number of carbonyl (C=O) groups excluding carboxylic acids is 1. The summed E-state index contributed by atoms with van der Waals surface area (Å²) < 4.78 is 32.1. The maximum absolute atomic E-state index is 13.9. The van der Waals surface area contributed by atoms with E-state index in [0.29, 0.717) is 11.4 Å². The number of nitrogens with zero attached hydrogens (tertiary/aromatic N) is 2. The number of aryl methyl sites for hydroxylation is 2. The van der Waals surface area contributed by atoms with Crippen LogP contribution in [0.15, 0.2) is 12.1 Å². The molecule has 0 spiro atoms. The standard InChI is InChI=1S/C15H15F2N3O2/c1-7-8(2)18-15(19-9(7)3)20-14(21)12-11(22-4)6-5-10(16)13(12)17/h5-6H,1-4H3,(H,18,19,20,21). The number of rotatable bonds is 3. The molecular weight excluding hydrogens is 292 g/mol. The first-order valence-corrected chi connectivity index (χ1v) is 6.50. The molecule has 2 aromatic rings. The second kappa shape index (κ2) is 6.05. The lowest BCUT2D eigenvalue weighted by Gasteiger charge is -2.11. The van der Waals surface area contributed by atoms with Gasteiger partial charge in [-0.1, -0.05) is 0 Å². The Bertz CT molecular complexity index is 725. The summed E-state index contributed by atoms with van der Waals surface area (Å²) in [5.41, 5.74) is 1.75. The highest BCUT2D eigenvalue weighted by Crippen LogP contribution is 2.24. The third-order valence-electron chi connectivity index (χ3n) is 3.36.